The topological polar surface area (TPSA) is 83.1 Å². The van der Waals surface area contributed by atoms with Gasteiger partial charge in [0.05, 0.1) is 0 Å². The molecule has 9 nitrogen and oxygen atoms in total. The van der Waals surface area contributed by atoms with Crippen LogP contribution in [0.1, 0.15) is 0 Å². The second kappa shape index (κ2) is 23.6. The molecule has 0 amide bonds. The first-order valence-corrected chi connectivity index (χ1v) is 42.8. The Labute approximate surface area is 467 Å². The van der Waals surface area contributed by atoms with E-state index in [2.05, 4.69) is 109 Å². The summed E-state index contributed by atoms with van der Waals surface area (Å²) >= 11 is 0. The monoisotopic (exact) mass is 1230 g/mol. The normalized spacial score (nSPS) is 12.9. The molecule has 0 fully saturated rings. The Morgan fingerprint density at radius 2 is 0.282 bits per heavy atom. The summed E-state index contributed by atoms with van der Waals surface area (Å²) in [6, 6.07) is 76.3. The second-order valence-corrected chi connectivity index (χ2v) is 76.4. The minimum absolute atomic E-state index is 0.675. The molecule has 9 rings (SSSR count). The van der Waals surface area contributed by atoms with Crippen molar-refractivity contribution < 1.29 is 52.8 Å². The molecule has 0 aromatic heterocycles. The van der Waals surface area contributed by atoms with E-state index in [0.717, 1.165) is 47.7 Å². The van der Waals surface area contributed by atoms with Crippen LogP contribution in [0.3, 0.4) is 0 Å². The van der Waals surface area contributed by atoms with Crippen molar-refractivity contribution >= 4 is 83.9 Å². The fraction of sp³-hybridized carbons (Fsp3) is 0.143. The molecule has 0 atom stereocenters. The quantitative estimate of drug-likeness (QED) is 0.0516. The molecule has 0 radical (unpaired) electrons. The first-order chi connectivity index (χ1) is 37.9. The maximum atomic E-state index is 10.9. The summed E-state index contributed by atoms with van der Waals surface area (Å²) in [7, 11) is 30.2. The van der Waals surface area contributed by atoms with E-state index in [-0.39, 0.29) is 0 Å². The molecule has 0 unspecified atom stereocenters. The Bertz CT molecular complexity index is 2710. The number of ether oxygens (including phenoxy) is 9. The third-order valence-electron chi connectivity index (χ3n) is 14.7. The van der Waals surface area contributed by atoms with Crippen molar-refractivity contribution in [3.8, 4) is 51.7 Å². The van der Waals surface area contributed by atoms with Crippen LogP contribution < -0.4 is 90.4 Å². The third kappa shape index (κ3) is 8.94. The van der Waals surface area contributed by atoms with Crippen LogP contribution in [0, 0.1) is 0 Å². The summed E-state index contributed by atoms with van der Waals surface area (Å²) < 4.78 is 54.2. The Morgan fingerprint density at radius 3 is 0.359 bits per heavy atom. The number of methoxy groups -OCH3 is 9. The number of benzene rings is 9. The van der Waals surface area contributed by atoms with Gasteiger partial charge in [-0.3, -0.25) is 0 Å². The summed E-state index contributed by atoms with van der Waals surface area (Å²) in [5.41, 5.74) is -13.3. The molecule has 0 heterocycles. The predicted molar refractivity (Wildman–Crippen MR) is 330 cm³/mol. The summed E-state index contributed by atoms with van der Waals surface area (Å²) in [6.45, 7) is 0. The van der Waals surface area contributed by atoms with Crippen LogP contribution >= 0.6 is 36.2 Å². The van der Waals surface area contributed by atoms with Gasteiger partial charge in [-0.05, 0) is 0 Å². The standard InChI is InChI=1S/3C21H21O3P.2ClH.Ru/c3*1-22-16-4-10-19(11-5-16)25(20-12-6-17(23-2)7-13-20)21-14-8-18(24-3)9-15-21;;;/h3*4-15H,1-3H3;2*1H;/q;;;;;-1/p+1. The van der Waals surface area contributed by atoms with Crippen molar-refractivity contribution in [2.75, 3.05) is 64.0 Å². The van der Waals surface area contributed by atoms with Gasteiger partial charge >= 0.3 is 471 Å². The first kappa shape index (κ1) is 56.4. The zero-order valence-electron chi connectivity index (χ0n) is 45.1. The van der Waals surface area contributed by atoms with E-state index in [1.54, 1.807) is 64.0 Å². The molecule has 0 aliphatic rings. The molecule has 0 saturated heterocycles. The van der Waals surface area contributed by atoms with Gasteiger partial charge in [0.25, 0.3) is 0 Å². The van der Waals surface area contributed by atoms with Gasteiger partial charge in [0.1, 0.15) is 0 Å². The fourth-order valence-corrected chi connectivity index (χ4v) is 143. The molecule has 0 spiro atoms. The third-order valence-corrected chi connectivity index (χ3v) is 111. The van der Waals surface area contributed by atoms with Gasteiger partial charge in [0.15, 0.2) is 0 Å². The zero-order chi connectivity index (χ0) is 55.2. The van der Waals surface area contributed by atoms with E-state index in [0.29, 0.717) is 51.7 Å². The van der Waals surface area contributed by atoms with Crippen molar-refractivity contribution in [1.82, 2.24) is 0 Å². The minimum atomic E-state index is -6.69. The van der Waals surface area contributed by atoms with Crippen LogP contribution in [0.15, 0.2) is 218 Å². The molecular weight excluding hydrogens is 1170 g/mol. The average molecular weight is 1230 g/mol. The molecule has 409 valence electrons. The average Bonchev–Trinajstić information content (AvgIpc) is 2.46. The van der Waals surface area contributed by atoms with Crippen LogP contribution in [0.2, 0.25) is 0 Å². The van der Waals surface area contributed by atoms with E-state index in [4.69, 9.17) is 42.6 Å². The summed E-state index contributed by atoms with van der Waals surface area (Å²) in [4.78, 5) is 0. The van der Waals surface area contributed by atoms with E-state index < -0.39 is 27.0 Å². The Balaban J connectivity index is 1.77. The molecule has 0 bridgehead atoms. The molecule has 9 aromatic carbocycles. The van der Waals surface area contributed by atoms with Crippen molar-refractivity contribution in [3.63, 3.8) is 0 Å². The van der Waals surface area contributed by atoms with Crippen LogP contribution in [-0.4, -0.2) is 64.0 Å². The molecule has 0 N–H and O–H groups in total. The first-order valence-electron chi connectivity index (χ1n) is 25.0. The van der Waals surface area contributed by atoms with Gasteiger partial charge in [-0.2, -0.15) is 0 Å². The fourth-order valence-electron chi connectivity index (χ4n) is 11.1. The van der Waals surface area contributed by atoms with Crippen LogP contribution in [0.25, 0.3) is 0 Å². The van der Waals surface area contributed by atoms with Crippen molar-refractivity contribution in [2.45, 2.75) is 0 Å². The number of rotatable bonds is 21. The van der Waals surface area contributed by atoms with Gasteiger partial charge in [-0.1, -0.05) is 0 Å². The molecule has 0 aliphatic carbocycles. The van der Waals surface area contributed by atoms with Gasteiger partial charge in [-0.25, -0.2) is 0 Å². The van der Waals surface area contributed by atoms with Crippen molar-refractivity contribution in [3.05, 3.63) is 218 Å². The van der Waals surface area contributed by atoms with Gasteiger partial charge in [-0.15, -0.1) is 0 Å². The predicted octanol–water partition coefficient (Wildman–Crippen LogP) is 11.0. The van der Waals surface area contributed by atoms with E-state index in [1.807, 2.05) is 109 Å². The molecular formula is C63H66Cl2O9P3Ru. The second-order valence-electron chi connectivity index (χ2n) is 18.2. The maximum absolute atomic E-state index is 10.9. The Kier molecular flexibility index (Phi) is 17.0. The Hall–Kier alpha value is -6.33. The summed E-state index contributed by atoms with van der Waals surface area (Å²) in [6.07, 6.45) is 0. The summed E-state index contributed by atoms with van der Waals surface area (Å²) in [5.74, 6) is 6.08. The van der Waals surface area contributed by atoms with Gasteiger partial charge in [0.2, 0.25) is 0 Å². The van der Waals surface area contributed by atoms with Crippen molar-refractivity contribution in [2.24, 2.45) is 0 Å². The Morgan fingerprint density at radius 1 is 0.192 bits per heavy atom. The molecule has 0 saturated carbocycles. The number of halogens is 2. The van der Waals surface area contributed by atoms with Crippen LogP contribution in [-0.2, 0) is 10.2 Å². The molecule has 78 heavy (non-hydrogen) atoms. The van der Waals surface area contributed by atoms with Crippen molar-refractivity contribution in [1.29, 1.82) is 0 Å². The number of hydrogen-bond donors (Lipinski definition) is 0. The molecule has 9 aromatic rings. The van der Waals surface area contributed by atoms with E-state index >= 15 is 0 Å². The molecule has 0 aliphatic heterocycles. The van der Waals surface area contributed by atoms with Crippen LogP contribution in [0.4, 0.5) is 0 Å². The van der Waals surface area contributed by atoms with Crippen LogP contribution in [0.5, 0.6) is 51.7 Å². The van der Waals surface area contributed by atoms with E-state index in [1.165, 1.54) is 0 Å². The summed E-state index contributed by atoms with van der Waals surface area (Å²) in [5, 5.41) is 8.70. The van der Waals surface area contributed by atoms with E-state index in [9.17, 15) is 19.4 Å². The SMILES string of the molecule is COc1ccc([PH](c2ccc(OC)cc2)(c2ccc(OC)cc2)[Ru]([Cl])([Cl])([PH](c2ccc(OC)cc2)(c2ccc(OC)cc2)c2ccc(OC)cc2)[PH](c2ccc(OC)cc2)(c2ccc(OC)cc2)c2ccc(OC)cc2)cc1. The van der Waals surface area contributed by atoms with Gasteiger partial charge in [0, 0.05) is 0 Å². The number of hydrogen-bond acceptors (Lipinski definition) is 9. The molecule has 15 heteroatoms. The van der Waals surface area contributed by atoms with Gasteiger partial charge < -0.3 is 0 Å². The zero-order valence-corrected chi connectivity index (χ0v) is 51.3.